The van der Waals surface area contributed by atoms with Crippen LogP contribution in [-0.2, 0) is 6.54 Å². The Kier molecular flexibility index (Phi) is 4.14. The first-order valence-corrected chi connectivity index (χ1v) is 8.45. The highest BCUT2D eigenvalue weighted by Gasteiger charge is 2.29. The third kappa shape index (κ3) is 2.98. The van der Waals surface area contributed by atoms with Crippen LogP contribution >= 0.6 is 0 Å². The fourth-order valence-electron chi connectivity index (χ4n) is 3.31. The monoisotopic (exact) mass is 340 g/mol. The van der Waals surface area contributed by atoms with Gasteiger partial charge in [0, 0.05) is 31.7 Å². The number of hydrogen-bond acceptors (Lipinski definition) is 6. The van der Waals surface area contributed by atoms with Crippen molar-refractivity contribution in [2.45, 2.75) is 25.3 Å². The minimum Gasteiger partial charge on any atom is -0.336 e. The fraction of sp³-hybridized carbons (Fsp3) is 0.438. The van der Waals surface area contributed by atoms with Crippen molar-refractivity contribution in [3.05, 3.63) is 42.1 Å². The normalized spacial score (nSPS) is 18.0. The van der Waals surface area contributed by atoms with E-state index in [0.29, 0.717) is 25.3 Å². The lowest BCUT2D eigenvalue weighted by atomic mass is 9.97. The predicted molar refractivity (Wildman–Crippen MR) is 89.9 cm³/mol. The maximum atomic E-state index is 12.7. The van der Waals surface area contributed by atoms with Gasteiger partial charge >= 0.3 is 0 Å². The van der Waals surface area contributed by atoms with Crippen LogP contribution in [0.3, 0.4) is 0 Å². The molecule has 3 aromatic heterocycles. The molecular formula is C16H20N8O. The van der Waals surface area contributed by atoms with Gasteiger partial charge in [-0.05, 0) is 25.0 Å². The summed E-state index contributed by atoms with van der Waals surface area (Å²) >= 11 is 0. The number of amides is 1. The fourth-order valence-corrected chi connectivity index (χ4v) is 3.31. The Morgan fingerprint density at radius 2 is 2.20 bits per heavy atom. The van der Waals surface area contributed by atoms with E-state index in [2.05, 4.69) is 20.5 Å². The second-order valence-electron chi connectivity index (χ2n) is 6.23. The quantitative estimate of drug-likeness (QED) is 0.732. The largest absolute Gasteiger partial charge is 0.336 e. The van der Waals surface area contributed by atoms with Gasteiger partial charge in [-0.2, -0.15) is 0 Å². The summed E-state index contributed by atoms with van der Waals surface area (Å²) in [7, 11) is 0. The maximum absolute atomic E-state index is 12.7. The minimum atomic E-state index is -0.0956. The SMILES string of the molecule is NCCn1cc(C(=O)N2CCC[C@@H](c3nnc4ccccn34)C2)nn1. The van der Waals surface area contributed by atoms with Gasteiger partial charge in [0.2, 0.25) is 0 Å². The van der Waals surface area contributed by atoms with Crippen molar-refractivity contribution >= 4 is 11.6 Å². The van der Waals surface area contributed by atoms with Crippen molar-refractivity contribution in [3.8, 4) is 0 Å². The van der Waals surface area contributed by atoms with E-state index in [4.69, 9.17) is 5.73 Å². The molecule has 0 aliphatic carbocycles. The third-order valence-corrected chi connectivity index (χ3v) is 4.53. The Morgan fingerprint density at radius 1 is 1.28 bits per heavy atom. The Hall–Kier alpha value is -2.81. The number of hydrogen-bond donors (Lipinski definition) is 1. The highest BCUT2D eigenvalue weighted by atomic mass is 16.2. The molecule has 1 aliphatic rings. The zero-order valence-corrected chi connectivity index (χ0v) is 13.8. The van der Waals surface area contributed by atoms with Gasteiger partial charge in [0.05, 0.1) is 12.7 Å². The summed E-state index contributed by atoms with van der Waals surface area (Å²) in [6.07, 6.45) is 5.53. The van der Waals surface area contributed by atoms with E-state index in [9.17, 15) is 4.79 Å². The molecule has 0 aromatic carbocycles. The van der Waals surface area contributed by atoms with Crippen molar-refractivity contribution in [3.63, 3.8) is 0 Å². The molecule has 1 fully saturated rings. The third-order valence-electron chi connectivity index (χ3n) is 4.53. The van der Waals surface area contributed by atoms with Gasteiger partial charge in [0.25, 0.3) is 5.91 Å². The number of nitrogens with zero attached hydrogens (tertiary/aromatic N) is 7. The van der Waals surface area contributed by atoms with E-state index in [0.717, 1.165) is 30.9 Å². The molecule has 4 heterocycles. The van der Waals surface area contributed by atoms with Gasteiger partial charge in [-0.15, -0.1) is 15.3 Å². The van der Waals surface area contributed by atoms with Crippen LogP contribution in [0.15, 0.2) is 30.6 Å². The molecule has 0 spiro atoms. The first kappa shape index (κ1) is 15.7. The van der Waals surface area contributed by atoms with Crippen LogP contribution in [0.2, 0.25) is 0 Å². The Balaban J connectivity index is 1.53. The zero-order valence-electron chi connectivity index (χ0n) is 13.8. The summed E-state index contributed by atoms with van der Waals surface area (Å²) in [4.78, 5) is 14.6. The number of carbonyl (C=O) groups excluding carboxylic acids is 1. The molecular weight excluding hydrogens is 320 g/mol. The molecule has 0 saturated carbocycles. The van der Waals surface area contributed by atoms with E-state index in [1.54, 1.807) is 10.9 Å². The van der Waals surface area contributed by atoms with E-state index in [1.807, 2.05) is 33.7 Å². The standard InChI is InChI=1S/C16H20N8O/c17-6-9-23-11-13(18-21-23)16(25)22-7-3-4-12(10-22)15-20-19-14-5-1-2-8-24(14)15/h1-2,5,8,11-12H,3-4,6-7,9-10,17H2/t12-/m1/s1. The summed E-state index contributed by atoms with van der Waals surface area (Å²) in [5, 5.41) is 16.5. The molecule has 1 atom stereocenters. The number of aromatic nitrogens is 6. The summed E-state index contributed by atoms with van der Waals surface area (Å²) in [6, 6.07) is 5.83. The number of pyridine rings is 1. The lowest BCUT2D eigenvalue weighted by molar-refractivity contribution is 0.0698. The van der Waals surface area contributed by atoms with Gasteiger partial charge in [-0.25, -0.2) is 0 Å². The van der Waals surface area contributed by atoms with Crippen molar-refractivity contribution in [1.82, 2.24) is 34.5 Å². The van der Waals surface area contributed by atoms with E-state index in [-0.39, 0.29) is 11.8 Å². The number of nitrogens with two attached hydrogens (primary N) is 1. The molecule has 9 nitrogen and oxygen atoms in total. The van der Waals surface area contributed by atoms with Crippen molar-refractivity contribution in [1.29, 1.82) is 0 Å². The molecule has 0 bridgehead atoms. The summed E-state index contributed by atoms with van der Waals surface area (Å²) in [6.45, 7) is 2.34. The lowest BCUT2D eigenvalue weighted by Crippen LogP contribution is -2.39. The van der Waals surface area contributed by atoms with Crippen LogP contribution in [-0.4, -0.2) is 60.0 Å². The molecule has 25 heavy (non-hydrogen) atoms. The second-order valence-corrected chi connectivity index (χ2v) is 6.23. The van der Waals surface area contributed by atoms with Gasteiger partial charge in [0.1, 0.15) is 5.82 Å². The number of piperidine rings is 1. The number of carbonyl (C=O) groups is 1. The van der Waals surface area contributed by atoms with Crippen LogP contribution in [0, 0.1) is 0 Å². The van der Waals surface area contributed by atoms with E-state index >= 15 is 0 Å². The van der Waals surface area contributed by atoms with Gasteiger partial charge < -0.3 is 10.6 Å². The lowest BCUT2D eigenvalue weighted by Gasteiger charge is -2.31. The van der Waals surface area contributed by atoms with Crippen LogP contribution in [0.5, 0.6) is 0 Å². The summed E-state index contributed by atoms with van der Waals surface area (Å²) in [5.41, 5.74) is 6.69. The van der Waals surface area contributed by atoms with Crippen LogP contribution < -0.4 is 5.73 Å². The molecule has 130 valence electrons. The highest BCUT2D eigenvalue weighted by Crippen LogP contribution is 2.26. The maximum Gasteiger partial charge on any atom is 0.276 e. The average Bonchev–Trinajstić information content (AvgIpc) is 3.28. The molecule has 3 aromatic rings. The number of fused-ring (bicyclic) bond motifs is 1. The minimum absolute atomic E-state index is 0.0956. The first-order valence-electron chi connectivity index (χ1n) is 8.45. The number of likely N-dealkylation sites (tertiary alicyclic amines) is 1. The summed E-state index contributed by atoms with van der Waals surface area (Å²) < 4.78 is 3.59. The van der Waals surface area contributed by atoms with E-state index < -0.39 is 0 Å². The molecule has 1 aliphatic heterocycles. The Morgan fingerprint density at radius 3 is 3.08 bits per heavy atom. The van der Waals surface area contributed by atoms with E-state index in [1.165, 1.54) is 0 Å². The van der Waals surface area contributed by atoms with Crippen LogP contribution in [0.4, 0.5) is 0 Å². The molecule has 2 N–H and O–H groups in total. The molecule has 1 amide bonds. The average molecular weight is 340 g/mol. The highest BCUT2D eigenvalue weighted by molar-refractivity contribution is 5.92. The molecule has 1 saturated heterocycles. The van der Waals surface area contributed by atoms with Crippen molar-refractivity contribution in [2.24, 2.45) is 5.73 Å². The van der Waals surface area contributed by atoms with Crippen molar-refractivity contribution in [2.75, 3.05) is 19.6 Å². The second kappa shape index (κ2) is 6.60. The summed E-state index contributed by atoms with van der Waals surface area (Å²) in [5.74, 6) is 0.968. The number of rotatable bonds is 4. The molecule has 4 rings (SSSR count). The topological polar surface area (TPSA) is 107 Å². The van der Waals surface area contributed by atoms with Crippen LogP contribution in [0.25, 0.3) is 5.65 Å². The van der Waals surface area contributed by atoms with Crippen molar-refractivity contribution < 1.29 is 4.79 Å². The predicted octanol–water partition coefficient (Wildman–Crippen LogP) is 0.299. The van der Waals surface area contributed by atoms with Crippen LogP contribution in [0.1, 0.15) is 35.1 Å². The van der Waals surface area contributed by atoms with Gasteiger partial charge in [-0.1, -0.05) is 11.3 Å². The van der Waals surface area contributed by atoms with Gasteiger partial charge in [-0.3, -0.25) is 13.9 Å². The molecule has 0 radical (unpaired) electrons. The molecule has 9 heteroatoms. The smallest absolute Gasteiger partial charge is 0.276 e. The van der Waals surface area contributed by atoms with Gasteiger partial charge in [0.15, 0.2) is 11.3 Å². The molecule has 0 unspecified atom stereocenters. The zero-order chi connectivity index (χ0) is 17.2. The Bertz CT molecular complexity index is 885. The first-order chi connectivity index (χ1) is 12.3. The Labute approximate surface area is 144 Å².